The number of rotatable bonds is 16. The molecule has 0 radical (unpaired) electrons. The average Bonchev–Trinajstić information content (AvgIpc) is 3.43. The molecule has 1 saturated heterocycles. The van der Waals surface area contributed by atoms with Crippen LogP contribution in [0.15, 0.2) is 6.33 Å². The van der Waals surface area contributed by atoms with Crippen LogP contribution in [-0.2, 0) is 4.74 Å². The normalized spacial score (nSPS) is 23.9. The summed E-state index contributed by atoms with van der Waals surface area (Å²) < 4.78 is 22.1. The zero-order valence-corrected chi connectivity index (χ0v) is 22.0. The minimum atomic E-state index is -1.10. The van der Waals surface area contributed by atoms with Crippen LogP contribution in [0.4, 0.5) is 10.2 Å². The summed E-state index contributed by atoms with van der Waals surface area (Å²) in [7, 11) is 0. The maximum Gasteiger partial charge on any atom is 0.312 e. The number of aromatic nitrogens is 4. The first-order chi connectivity index (χ1) is 17.4. The maximum atomic E-state index is 14.4. The number of halogens is 1. The SMILES string of the molecule is CCCCCCCCCCCC(O)Nc1nc(F)nc2c1ncn2[C@H]1C[C@H](O)[C@](CO)(C(C)CC)O1. The highest BCUT2D eigenvalue weighted by atomic mass is 19.1. The van der Waals surface area contributed by atoms with Crippen molar-refractivity contribution in [1.29, 1.82) is 0 Å². The van der Waals surface area contributed by atoms with E-state index in [1.54, 1.807) is 4.57 Å². The van der Waals surface area contributed by atoms with Crippen molar-refractivity contribution < 1.29 is 24.4 Å². The number of anilines is 1. The van der Waals surface area contributed by atoms with Gasteiger partial charge in [-0.1, -0.05) is 78.6 Å². The van der Waals surface area contributed by atoms with E-state index < -0.39 is 30.2 Å². The molecular formula is C26H44FN5O4. The van der Waals surface area contributed by atoms with Crippen molar-refractivity contribution in [3.8, 4) is 0 Å². The standard InChI is InChI=1S/C26H44FN5O4/c1-4-6-7-8-9-10-11-12-13-14-20(35)29-23-22-24(31-25(27)30-23)32(17-28-22)21-15-19(34)26(16-33,36-21)18(3)5-2/h17-21,33-35H,4-16H2,1-3H3,(H,29,30,31)/t18?,19-,20?,21+,26-/m0/s1. The largest absolute Gasteiger partial charge is 0.393 e. The Morgan fingerprint density at radius 3 is 2.44 bits per heavy atom. The molecule has 0 aromatic carbocycles. The first kappa shape index (κ1) is 28.7. The van der Waals surface area contributed by atoms with Gasteiger partial charge in [-0.15, -0.1) is 0 Å². The second-order valence-electron chi connectivity index (χ2n) is 10.2. The molecular weight excluding hydrogens is 465 g/mol. The fourth-order valence-corrected chi connectivity index (χ4v) is 5.11. The van der Waals surface area contributed by atoms with Crippen molar-refractivity contribution in [3.63, 3.8) is 0 Å². The first-order valence-electron chi connectivity index (χ1n) is 13.7. The van der Waals surface area contributed by atoms with E-state index in [9.17, 15) is 19.7 Å². The van der Waals surface area contributed by atoms with Crippen LogP contribution >= 0.6 is 0 Å². The quantitative estimate of drug-likeness (QED) is 0.146. The van der Waals surface area contributed by atoms with Crippen LogP contribution in [0.25, 0.3) is 11.2 Å². The summed E-state index contributed by atoms with van der Waals surface area (Å²) in [5.74, 6) is 0.0330. The van der Waals surface area contributed by atoms with Gasteiger partial charge in [0.25, 0.3) is 0 Å². The van der Waals surface area contributed by atoms with Crippen molar-refractivity contribution in [2.24, 2.45) is 5.92 Å². The third-order valence-electron chi connectivity index (χ3n) is 7.63. The molecule has 0 amide bonds. The highest BCUT2D eigenvalue weighted by Gasteiger charge is 2.51. The maximum absolute atomic E-state index is 14.4. The summed E-state index contributed by atoms with van der Waals surface area (Å²) in [5, 5.41) is 34.1. The third-order valence-corrected chi connectivity index (χ3v) is 7.63. The summed E-state index contributed by atoms with van der Waals surface area (Å²) >= 11 is 0. The van der Waals surface area contributed by atoms with E-state index in [2.05, 4.69) is 27.2 Å². The highest BCUT2D eigenvalue weighted by molar-refractivity contribution is 5.82. The van der Waals surface area contributed by atoms with E-state index in [1.807, 2.05) is 13.8 Å². The van der Waals surface area contributed by atoms with E-state index >= 15 is 0 Å². The number of hydrogen-bond donors (Lipinski definition) is 4. The number of imidazole rings is 1. The number of unbranched alkanes of at least 4 members (excludes halogenated alkanes) is 8. The number of aliphatic hydroxyl groups excluding tert-OH is 3. The van der Waals surface area contributed by atoms with Crippen molar-refractivity contribution in [2.75, 3.05) is 11.9 Å². The lowest BCUT2D eigenvalue weighted by atomic mass is 9.83. The Kier molecular flexibility index (Phi) is 10.8. The Labute approximate surface area is 213 Å². The Bertz CT molecular complexity index is 944. The Morgan fingerprint density at radius 1 is 1.14 bits per heavy atom. The van der Waals surface area contributed by atoms with Gasteiger partial charge < -0.3 is 25.4 Å². The fourth-order valence-electron chi connectivity index (χ4n) is 5.11. The Balaban J connectivity index is 1.60. The van der Waals surface area contributed by atoms with Crippen LogP contribution in [0.2, 0.25) is 0 Å². The number of nitrogens with one attached hydrogen (secondary N) is 1. The molecule has 1 aliphatic rings. The van der Waals surface area contributed by atoms with Crippen LogP contribution in [0.5, 0.6) is 0 Å². The number of nitrogens with zero attached hydrogens (tertiary/aromatic N) is 4. The summed E-state index contributed by atoms with van der Waals surface area (Å²) in [6.07, 6.45) is 10.3. The molecule has 2 aromatic heterocycles. The van der Waals surface area contributed by atoms with Gasteiger partial charge in [0.05, 0.1) is 19.0 Å². The lowest BCUT2D eigenvalue weighted by Crippen LogP contribution is -2.48. The zero-order chi connectivity index (χ0) is 26.1. The van der Waals surface area contributed by atoms with Crippen LogP contribution in [0.3, 0.4) is 0 Å². The molecule has 9 nitrogen and oxygen atoms in total. The van der Waals surface area contributed by atoms with E-state index in [0.29, 0.717) is 11.9 Å². The summed E-state index contributed by atoms with van der Waals surface area (Å²) in [4.78, 5) is 12.1. The summed E-state index contributed by atoms with van der Waals surface area (Å²) in [5.41, 5.74) is -0.588. The molecule has 0 spiro atoms. The molecule has 0 saturated carbocycles. The highest BCUT2D eigenvalue weighted by Crippen LogP contribution is 2.43. The smallest absolute Gasteiger partial charge is 0.312 e. The second kappa shape index (κ2) is 13.6. The predicted octanol–water partition coefficient (Wildman–Crippen LogP) is 4.67. The monoisotopic (exact) mass is 509 g/mol. The number of ether oxygens (including phenoxy) is 1. The molecule has 2 aromatic rings. The summed E-state index contributed by atoms with van der Waals surface area (Å²) in [6.45, 7) is 5.79. The van der Waals surface area contributed by atoms with Gasteiger partial charge in [-0.05, 0) is 18.8 Å². The fraction of sp³-hybridized carbons (Fsp3) is 0.808. The molecule has 0 bridgehead atoms. The number of aliphatic hydroxyl groups is 3. The van der Waals surface area contributed by atoms with Crippen molar-refractivity contribution in [2.45, 2.75) is 122 Å². The lowest BCUT2D eigenvalue weighted by molar-refractivity contribution is -0.155. The molecule has 2 unspecified atom stereocenters. The lowest BCUT2D eigenvalue weighted by Gasteiger charge is -2.35. The first-order valence-corrected chi connectivity index (χ1v) is 13.7. The van der Waals surface area contributed by atoms with Crippen molar-refractivity contribution in [1.82, 2.24) is 19.5 Å². The third kappa shape index (κ3) is 6.70. The van der Waals surface area contributed by atoms with E-state index in [-0.39, 0.29) is 30.4 Å². The van der Waals surface area contributed by atoms with Gasteiger partial charge in [-0.2, -0.15) is 14.4 Å². The van der Waals surface area contributed by atoms with Gasteiger partial charge >= 0.3 is 6.08 Å². The second-order valence-corrected chi connectivity index (χ2v) is 10.2. The molecule has 10 heteroatoms. The Morgan fingerprint density at radius 2 is 1.81 bits per heavy atom. The van der Waals surface area contributed by atoms with Gasteiger partial charge in [0.2, 0.25) is 0 Å². The number of fused-ring (bicyclic) bond motifs is 1. The molecule has 4 N–H and O–H groups in total. The molecule has 3 rings (SSSR count). The minimum absolute atomic E-state index is 0.0860. The molecule has 0 aliphatic carbocycles. The van der Waals surface area contributed by atoms with Crippen LogP contribution < -0.4 is 5.32 Å². The van der Waals surface area contributed by atoms with Gasteiger partial charge in [-0.25, -0.2) is 4.98 Å². The molecule has 1 aliphatic heterocycles. The molecule has 204 valence electrons. The minimum Gasteiger partial charge on any atom is -0.393 e. The van der Waals surface area contributed by atoms with Crippen molar-refractivity contribution >= 4 is 17.0 Å². The predicted molar refractivity (Wildman–Crippen MR) is 137 cm³/mol. The van der Waals surface area contributed by atoms with Crippen molar-refractivity contribution in [3.05, 3.63) is 12.4 Å². The number of hydrogen-bond acceptors (Lipinski definition) is 8. The van der Waals surface area contributed by atoms with Gasteiger partial charge in [0.15, 0.2) is 17.0 Å². The zero-order valence-electron chi connectivity index (χ0n) is 22.0. The molecule has 5 atom stereocenters. The molecule has 1 fully saturated rings. The van der Waals surface area contributed by atoms with Gasteiger partial charge in [0, 0.05) is 6.42 Å². The average molecular weight is 510 g/mol. The van der Waals surface area contributed by atoms with Crippen LogP contribution in [0, 0.1) is 12.0 Å². The molecule has 36 heavy (non-hydrogen) atoms. The van der Waals surface area contributed by atoms with Gasteiger partial charge in [-0.3, -0.25) is 4.57 Å². The van der Waals surface area contributed by atoms with Crippen LogP contribution in [0.1, 0.15) is 104 Å². The van der Waals surface area contributed by atoms with Crippen LogP contribution in [-0.4, -0.2) is 59.4 Å². The van der Waals surface area contributed by atoms with E-state index in [0.717, 1.165) is 25.7 Å². The van der Waals surface area contributed by atoms with E-state index in [1.165, 1.54) is 44.9 Å². The van der Waals surface area contributed by atoms with E-state index in [4.69, 9.17) is 4.74 Å². The topological polar surface area (TPSA) is 126 Å². The van der Waals surface area contributed by atoms with Gasteiger partial charge in [0.1, 0.15) is 18.1 Å². The molecule has 3 heterocycles. The summed E-state index contributed by atoms with van der Waals surface area (Å²) in [6, 6.07) is 0. The Hall–Kier alpha value is -1.88.